The number of methoxy groups -OCH3 is 3. The van der Waals surface area contributed by atoms with Crippen molar-refractivity contribution in [1.29, 1.82) is 0 Å². The first-order valence-corrected chi connectivity index (χ1v) is 12.1. The molecule has 0 amide bonds. The van der Waals surface area contributed by atoms with E-state index in [1.165, 1.54) is 33.5 Å². The van der Waals surface area contributed by atoms with Gasteiger partial charge in [-0.3, -0.25) is 4.79 Å². The van der Waals surface area contributed by atoms with Crippen LogP contribution in [0.4, 0.5) is 0 Å². The van der Waals surface area contributed by atoms with Gasteiger partial charge in [-0.2, -0.15) is 8.75 Å². The van der Waals surface area contributed by atoms with Crippen molar-refractivity contribution in [1.82, 2.24) is 8.75 Å². The van der Waals surface area contributed by atoms with Crippen LogP contribution >= 0.6 is 11.7 Å². The molecule has 35 heavy (non-hydrogen) atoms. The molecule has 9 nitrogen and oxygen atoms in total. The Balaban J connectivity index is 1.87. The fourth-order valence-electron chi connectivity index (χ4n) is 4.87. The molecular weight excluding hydrogens is 472 g/mol. The molecule has 0 radical (unpaired) electrons. The minimum atomic E-state index is -1.97. The highest BCUT2D eigenvalue weighted by atomic mass is 32.1. The molecule has 2 unspecified atom stereocenters. The maximum absolute atomic E-state index is 14.0. The summed E-state index contributed by atoms with van der Waals surface area (Å²) in [6.07, 6.45) is 5.96. The van der Waals surface area contributed by atoms with Crippen LogP contribution in [0.25, 0.3) is 16.6 Å². The third-order valence-electron chi connectivity index (χ3n) is 6.65. The summed E-state index contributed by atoms with van der Waals surface area (Å²) in [6, 6.07) is 4.99. The van der Waals surface area contributed by atoms with Crippen LogP contribution in [0.15, 0.2) is 47.3 Å². The normalized spacial score (nSPS) is 23.6. The van der Waals surface area contributed by atoms with Crippen LogP contribution in [0.2, 0.25) is 0 Å². The van der Waals surface area contributed by atoms with Crippen molar-refractivity contribution in [3.8, 4) is 0 Å². The molecule has 186 valence electrons. The van der Waals surface area contributed by atoms with Crippen LogP contribution in [0.1, 0.15) is 37.7 Å². The second-order valence-corrected chi connectivity index (χ2v) is 9.26. The minimum Gasteiger partial charge on any atom is -0.498 e. The highest BCUT2D eigenvalue weighted by Gasteiger charge is 2.43. The third-order valence-corrected chi connectivity index (χ3v) is 7.21. The van der Waals surface area contributed by atoms with Crippen LogP contribution in [0.3, 0.4) is 0 Å². The van der Waals surface area contributed by atoms with Gasteiger partial charge in [0.05, 0.1) is 24.4 Å². The lowest BCUT2D eigenvalue weighted by Crippen LogP contribution is -2.47. The number of allylic oxidation sites excluding steroid dienone is 3. The van der Waals surface area contributed by atoms with Crippen molar-refractivity contribution < 1.29 is 34.0 Å². The zero-order valence-electron chi connectivity index (χ0n) is 19.8. The summed E-state index contributed by atoms with van der Waals surface area (Å²) in [5.74, 6) is -3.30. The van der Waals surface area contributed by atoms with Crippen molar-refractivity contribution in [3.63, 3.8) is 0 Å². The molecule has 10 heteroatoms. The second-order valence-electron chi connectivity index (χ2n) is 8.73. The van der Waals surface area contributed by atoms with E-state index in [0.29, 0.717) is 23.0 Å². The number of nitrogens with zero attached hydrogens (tertiary/aromatic N) is 2. The largest absolute Gasteiger partial charge is 0.498 e. The van der Waals surface area contributed by atoms with Gasteiger partial charge < -0.3 is 24.4 Å². The first-order valence-electron chi connectivity index (χ1n) is 11.3. The predicted octanol–water partition coefficient (Wildman–Crippen LogP) is 3.50. The van der Waals surface area contributed by atoms with E-state index in [-0.39, 0.29) is 28.4 Å². The number of aromatic nitrogens is 2. The Labute approximate surface area is 207 Å². The van der Waals surface area contributed by atoms with E-state index in [2.05, 4.69) is 8.75 Å². The van der Waals surface area contributed by atoms with Gasteiger partial charge in [-0.1, -0.05) is 31.7 Å². The van der Waals surface area contributed by atoms with E-state index in [4.69, 9.17) is 14.2 Å². The number of carboxylic acid groups (broad SMARTS) is 1. The smallest absolute Gasteiger partial charge is 0.336 e. The van der Waals surface area contributed by atoms with Gasteiger partial charge in [0.2, 0.25) is 5.79 Å². The summed E-state index contributed by atoms with van der Waals surface area (Å²) in [5.41, 5.74) is 1.75. The number of aliphatic hydroxyl groups is 1. The molecule has 1 saturated carbocycles. The molecule has 1 fully saturated rings. The Kier molecular flexibility index (Phi) is 7.46. The van der Waals surface area contributed by atoms with Gasteiger partial charge >= 0.3 is 5.97 Å². The summed E-state index contributed by atoms with van der Waals surface area (Å²) in [6.45, 7) is 0. The molecule has 0 bridgehead atoms. The minimum absolute atomic E-state index is 0.0719. The number of rotatable bonds is 9. The molecule has 0 saturated heterocycles. The van der Waals surface area contributed by atoms with Crippen LogP contribution in [-0.2, 0) is 23.8 Å². The van der Waals surface area contributed by atoms with Gasteiger partial charge in [-0.05, 0) is 42.2 Å². The second kappa shape index (κ2) is 10.4. The van der Waals surface area contributed by atoms with E-state index in [1.54, 1.807) is 18.2 Å². The van der Waals surface area contributed by atoms with Crippen molar-refractivity contribution >= 4 is 40.1 Å². The summed E-state index contributed by atoms with van der Waals surface area (Å²) >= 11 is 1.04. The molecule has 2 aromatic rings. The number of Topliss-reactive ketones (excluding diaryl/α,β-unsaturated/α-hetero) is 1. The first-order chi connectivity index (χ1) is 16.8. The fraction of sp³-hybridized carbons (Fsp3) is 0.440. The molecule has 1 heterocycles. The fourth-order valence-corrected chi connectivity index (χ4v) is 5.39. The molecule has 4 rings (SSSR count). The maximum atomic E-state index is 14.0. The molecule has 1 aromatic heterocycles. The number of carbonyl (C=O) groups is 2. The van der Waals surface area contributed by atoms with Crippen LogP contribution in [0.5, 0.6) is 0 Å². The molecule has 2 aliphatic rings. The van der Waals surface area contributed by atoms with Gasteiger partial charge in [0, 0.05) is 25.4 Å². The predicted molar refractivity (Wildman–Crippen MR) is 129 cm³/mol. The molecule has 2 atom stereocenters. The summed E-state index contributed by atoms with van der Waals surface area (Å²) < 4.78 is 24.4. The van der Waals surface area contributed by atoms with Gasteiger partial charge in [0.15, 0.2) is 11.9 Å². The highest BCUT2D eigenvalue weighted by Crippen LogP contribution is 2.37. The number of ether oxygens (including phenoxy) is 3. The molecule has 0 spiro atoms. The van der Waals surface area contributed by atoms with Gasteiger partial charge in [-0.25, -0.2) is 4.79 Å². The zero-order valence-corrected chi connectivity index (χ0v) is 20.6. The maximum Gasteiger partial charge on any atom is 0.336 e. The molecule has 2 N–H and O–H groups in total. The summed E-state index contributed by atoms with van der Waals surface area (Å²) in [7, 11) is 4.08. The standard InChI is InChI=1S/C25H28N2O7S/c1-32-20-12-16(13-25(31,34-3)23(20)33-2)22(28)17(10-14-6-4-5-7-14)21(24(29)30)15-8-9-18-19(11-15)27-35-26-18/h8-9,11-14,23,31H,4-7,10H2,1-3H3,(H,29,30). The lowest BCUT2D eigenvalue weighted by atomic mass is 9.84. The number of aliphatic carboxylic acids is 1. The zero-order chi connectivity index (χ0) is 25.2. The van der Waals surface area contributed by atoms with Crippen LogP contribution in [0, 0.1) is 5.92 Å². The van der Waals surface area contributed by atoms with Crippen LogP contribution < -0.4 is 0 Å². The van der Waals surface area contributed by atoms with E-state index in [0.717, 1.165) is 37.4 Å². The number of fused-ring (bicyclic) bond motifs is 1. The van der Waals surface area contributed by atoms with Gasteiger partial charge in [0.1, 0.15) is 16.8 Å². The summed E-state index contributed by atoms with van der Waals surface area (Å²) in [4.78, 5) is 26.5. The average molecular weight is 501 g/mol. The number of benzene rings is 1. The van der Waals surface area contributed by atoms with Crippen molar-refractivity contribution in [2.45, 2.75) is 44.0 Å². The molecule has 0 aliphatic heterocycles. The van der Waals surface area contributed by atoms with E-state index in [1.807, 2.05) is 0 Å². The quantitative estimate of drug-likeness (QED) is 0.393. The van der Waals surface area contributed by atoms with Crippen molar-refractivity contribution in [2.24, 2.45) is 5.92 Å². The lowest BCUT2D eigenvalue weighted by Gasteiger charge is -2.35. The first kappa shape index (κ1) is 25.2. The van der Waals surface area contributed by atoms with Crippen molar-refractivity contribution in [3.05, 3.63) is 52.8 Å². The van der Waals surface area contributed by atoms with Gasteiger partial charge in [0.25, 0.3) is 0 Å². The number of hydrogen-bond acceptors (Lipinski definition) is 9. The van der Waals surface area contributed by atoms with E-state index < -0.39 is 23.6 Å². The van der Waals surface area contributed by atoms with E-state index in [9.17, 15) is 19.8 Å². The Morgan fingerprint density at radius 1 is 1.14 bits per heavy atom. The van der Waals surface area contributed by atoms with Crippen LogP contribution in [-0.4, -0.2) is 63.9 Å². The SMILES string of the molecule is COC1=CC(C(=O)C(CC2CCCC2)=C(C(=O)O)c2ccc3nsnc3c2)=CC(O)(OC)C1OC. The lowest BCUT2D eigenvalue weighted by molar-refractivity contribution is -0.214. The van der Waals surface area contributed by atoms with Gasteiger partial charge in [-0.15, -0.1) is 0 Å². The third kappa shape index (κ3) is 4.92. The topological polar surface area (TPSA) is 128 Å². The van der Waals surface area contributed by atoms with Crippen molar-refractivity contribution in [2.75, 3.05) is 21.3 Å². The number of ketones is 1. The Morgan fingerprint density at radius 3 is 2.49 bits per heavy atom. The summed E-state index contributed by atoms with van der Waals surface area (Å²) in [5, 5.41) is 21.3. The molecule has 2 aliphatic carbocycles. The monoisotopic (exact) mass is 500 g/mol. The Hall–Kier alpha value is -2.92. The number of carboxylic acids is 1. The van der Waals surface area contributed by atoms with E-state index >= 15 is 0 Å². The molecule has 1 aromatic carbocycles. The number of carbonyl (C=O) groups excluding carboxylic acids is 1. The Morgan fingerprint density at radius 2 is 1.86 bits per heavy atom. The highest BCUT2D eigenvalue weighted by molar-refractivity contribution is 7.00. The average Bonchev–Trinajstić information content (AvgIpc) is 3.54. The Bertz CT molecular complexity index is 1230. The number of hydrogen-bond donors (Lipinski definition) is 2. The molecular formula is C25H28N2O7S.